The van der Waals surface area contributed by atoms with Crippen LogP contribution in [0.1, 0.15) is 13.8 Å². The summed E-state index contributed by atoms with van der Waals surface area (Å²) in [5.41, 5.74) is 0.204. The second-order valence-electron chi connectivity index (χ2n) is 6.85. The molecule has 7 nitrogen and oxygen atoms in total. The van der Waals surface area contributed by atoms with Gasteiger partial charge in [-0.15, -0.1) is 6.58 Å². The van der Waals surface area contributed by atoms with E-state index >= 15 is 0 Å². The molecule has 1 aliphatic rings. The highest BCUT2D eigenvalue weighted by Crippen LogP contribution is 2.38. The van der Waals surface area contributed by atoms with Crippen LogP contribution in [-0.2, 0) is 14.8 Å². The Morgan fingerprint density at radius 2 is 2.15 bits per heavy atom. The van der Waals surface area contributed by atoms with Crippen molar-refractivity contribution in [3.63, 3.8) is 0 Å². The van der Waals surface area contributed by atoms with Crippen LogP contribution in [0.25, 0.3) is 0 Å². The maximum Gasteiger partial charge on any atom is 0.263 e. The predicted octanol–water partition coefficient (Wildman–Crippen LogP) is 2.82. The van der Waals surface area contributed by atoms with Gasteiger partial charge in [0.25, 0.3) is 10.0 Å². The highest BCUT2D eigenvalue weighted by atomic mass is 32.2. The van der Waals surface area contributed by atoms with Crippen molar-refractivity contribution in [3.05, 3.63) is 55.4 Å². The number of benzene rings is 1. The third kappa shape index (κ3) is 3.80. The first-order chi connectivity index (χ1) is 12.7. The number of sulfonamides is 1. The fraction of sp³-hybridized carbons (Fsp3) is 0.263. The van der Waals surface area contributed by atoms with Crippen molar-refractivity contribution >= 4 is 27.3 Å². The van der Waals surface area contributed by atoms with Crippen LogP contribution in [0.2, 0.25) is 0 Å². The lowest BCUT2D eigenvalue weighted by Crippen LogP contribution is -2.42. The van der Waals surface area contributed by atoms with Gasteiger partial charge in [0, 0.05) is 25.0 Å². The lowest BCUT2D eigenvalue weighted by molar-refractivity contribution is -0.127. The zero-order chi connectivity index (χ0) is 19.7. The average molecular weight is 387 g/mol. The molecule has 0 unspecified atom stereocenters. The minimum atomic E-state index is -3.77. The highest BCUT2D eigenvalue weighted by molar-refractivity contribution is 7.92. The van der Waals surface area contributed by atoms with Crippen molar-refractivity contribution in [1.82, 2.24) is 4.98 Å². The quantitative estimate of drug-likeness (QED) is 0.797. The molecular formula is C19H21N3O4S. The summed E-state index contributed by atoms with van der Waals surface area (Å²) in [4.78, 5) is 18.3. The molecule has 27 heavy (non-hydrogen) atoms. The van der Waals surface area contributed by atoms with E-state index in [0.717, 1.165) is 0 Å². The van der Waals surface area contributed by atoms with Crippen LogP contribution in [0.4, 0.5) is 11.4 Å². The Balaban J connectivity index is 1.96. The summed E-state index contributed by atoms with van der Waals surface area (Å²) in [5.74, 6) is 0.354. The SMILES string of the molecule is C=CCN1C(=O)C(C)(C)COc2cc(NS(=O)(=O)c3cccnc3)ccc21. The largest absolute Gasteiger partial charge is 0.490 e. The number of carbonyl (C=O) groups is 1. The lowest BCUT2D eigenvalue weighted by Gasteiger charge is -2.27. The molecule has 0 bridgehead atoms. The Labute approximate surface area is 158 Å². The van der Waals surface area contributed by atoms with Crippen molar-refractivity contribution in [2.24, 2.45) is 5.41 Å². The van der Waals surface area contributed by atoms with Crippen molar-refractivity contribution < 1.29 is 17.9 Å². The number of aromatic nitrogens is 1. The first-order valence-corrected chi connectivity index (χ1v) is 9.85. The first-order valence-electron chi connectivity index (χ1n) is 8.37. The molecule has 2 aromatic rings. The molecule has 0 saturated heterocycles. The van der Waals surface area contributed by atoms with E-state index in [1.54, 1.807) is 35.2 Å². The molecule has 142 valence electrons. The minimum Gasteiger partial charge on any atom is -0.490 e. The van der Waals surface area contributed by atoms with E-state index in [9.17, 15) is 13.2 Å². The average Bonchev–Trinajstić information content (AvgIpc) is 2.73. The molecule has 1 aromatic carbocycles. The monoisotopic (exact) mass is 387 g/mol. The maximum absolute atomic E-state index is 12.8. The topological polar surface area (TPSA) is 88.6 Å². The smallest absolute Gasteiger partial charge is 0.263 e. The second-order valence-corrected chi connectivity index (χ2v) is 8.54. The van der Waals surface area contributed by atoms with E-state index in [4.69, 9.17) is 4.74 Å². The lowest BCUT2D eigenvalue weighted by atomic mass is 9.93. The maximum atomic E-state index is 12.8. The number of carbonyl (C=O) groups excluding carboxylic acids is 1. The Morgan fingerprint density at radius 3 is 2.81 bits per heavy atom. The van der Waals surface area contributed by atoms with Gasteiger partial charge in [0.05, 0.1) is 16.8 Å². The summed E-state index contributed by atoms with van der Waals surface area (Å²) in [6, 6.07) is 7.85. The van der Waals surface area contributed by atoms with E-state index < -0.39 is 15.4 Å². The summed E-state index contributed by atoms with van der Waals surface area (Å²) in [5, 5.41) is 0. The number of hydrogen-bond acceptors (Lipinski definition) is 5. The van der Waals surface area contributed by atoms with Gasteiger partial charge in [0.15, 0.2) is 0 Å². The number of hydrogen-bond donors (Lipinski definition) is 1. The Kier molecular flexibility index (Phi) is 4.93. The number of nitrogens with zero attached hydrogens (tertiary/aromatic N) is 2. The van der Waals surface area contributed by atoms with Crippen LogP contribution < -0.4 is 14.4 Å². The van der Waals surface area contributed by atoms with Gasteiger partial charge in [0.2, 0.25) is 5.91 Å². The van der Waals surface area contributed by atoms with E-state index in [1.807, 2.05) is 13.8 Å². The van der Waals surface area contributed by atoms with Gasteiger partial charge in [-0.05, 0) is 38.1 Å². The summed E-state index contributed by atoms with van der Waals surface area (Å²) >= 11 is 0. The third-order valence-electron chi connectivity index (χ3n) is 4.17. The summed E-state index contributed by atoms with van der Waals surface area (Å²) < 4.78 is 33.3. The Bertz CT molecular complexity index is 972. The van der Waals surface area contributed by atoms with E-state index in [-0.39, 0.29) is 17.4 Å². The number of rotatable bonds is 5. The number of amides is 1. The van der Waals surface area contributed by atoms with E-state index in [0.29, 0.717) is 23.7 Å². The highest BCUT2D eigenvalue weighted by Gasteiger charge is 2.37. The molecule has 0 atom stereocenters. The number of pyridine rings is 1. The molecule has 0 fully saturated rings. The van der Waals surface area contributed by atoms with Gasteiger partial charge in [-0.1, -0.05) is 6.08 Å². The van der Waals surface area contributed by atoms with Crippen molar-refractivity contribution in [2.45, 2.75) is 18.7 Å². The molecule has 0 aliphatic carbocycles. The summed E-state index contributed by atoms with van der Waals surface area (Å²) in [7, 11) is -3.77. The second kappa shape index (κ2) is 7.03. The summed E-state index contributed by atoms with van der Waals surface area (Å²) in [6.07, 6.45) is 4.42. The van der Waals surface area contributed by atoms with Crippen LogP contribution >= 0.6 is 0 Å². The molecule has 1 aromatic heterocycles. The number of ether oxygens (including phenoxy) is 1. The van der Waals surface area contributed by atoms with Gasteiger partial charge < -0.3 is 9.64 Å². The molecule has 1 N–H and O–H groups in total. The van der Waals surface area contributed by atoms with Crippen LogP contribution in [0.3, 0.4) is 0 Å². The van der Waals surface area contributed by atoms with Gasteiger partial charge in [-0.2, -0.15) is 0 Å². The number of nitrogens with one attached hydrogen (secondary N) is 1. The van der Waals surface area contributed by atoms with Crippen LogP contribution in [0, 0.1) is 5.41 Å². The molecule has 0 spiro atoms. The fourth-order valence-corrected chi connectivity index (χ4v) is 3.75. The Morgan fingerprint density at radius 1 is 1.37 bits per heavy atom. The van der Waals surface area contributed by atoms with Crippen LogP contribution in [-0.4, -0.2) is 32.5 Å². The van der Waals surface area contributed by atoms with Gasteiger partial charge in [-0.25, -0.2) is 8.42 Å². The van der Waals surface area contributed by atoms with Crippen molar-refractivity contribution in [2.75, 3.05) is 22.8 Å². The van der Waals surface area contributed by atoms with Gasteiger partial charge >= 0.3 is 0 Å². The van der Waals surface area contributed by atoms with Gasteiger partial charge in [0.1, 0.15) is 17.3 Å². The van der Waals surface area contributed by atoms with E-state index in [1.165, 1.54) is 18.5 Å². The molecule has 1 aliphatic heterocycles. The molecule has 8 heteroatoms. The standard InChI is InChI=1S/C19H21N3O4S/c1-4-10-22-16-8-7-14(11-17(16)26-13-19(2,3)18(22)23)21-27(24,25)15-6-5-9-20-12-15/h4-9,11-12,21H,1,10,13H2,2-3H3. The Hall–Kier alpha value is -2.87. The molecule has 3 rings (SSSR count). The minimum absolute atomic E-state index is 0.0606. The fourth-order valence-electron chi connectivity index (χ4n) is 2.74. The third-order valence-corrected chi connectivity index (χ3v) is 5.54. The predicted molar refractivity (Wildman–Crippen MR) is 103 cm³/mol. The zero-order valence-electron chi connectivity index (χ0n) is 15.2. The molecule has 0 radical (unpaired) electrons. The number of anilines is 2. The first kappa shape index (κ1) is 18.9. The van der Waals surface area contributed by atoms with Crippen LogP contribution in [0.15, 0.2) is 60.3 Å². The molecule has 0 saturated carbocycles. The normalized spacial score (nSPS) is 16.1. The van der Waals surface area contributed by atoms with Crippen molar-refractivity contribution in [1.29, 1.82) is 0 Å². The number of fused-ring (bicyclic) bond motifs is 1. The van der Waals surface area contributed by atoms with Gasteiger partial charge in [-0.3, -0.25) is 14.5 Å². The molecule has 1 amide bonds. The van der Waals surface area contributed by atoms with E-state index in [2.05, 4.69) is 16.3 Å². The van der Waals surface area contributed by atoms with Crippen molar-refractivity contribution in [3.8, 4) is 5.75 Å². The summed E-state index contributed by atoms with van der Waals surface area (Å²) in [6.45, 7) is 7.84. The zero-order valence-corrected chi connectivity index (χ0v) is 16.0. The van der Waals surface area contributed by atoms with Crippen LogP contribution in [0.5, 0.6) is 5.75 Å². The molecule has 2 heterocycles. The molecular weight excluding hydrogens is 366 g/mol.